The Morgan fingerprint density at radius 2 is 1.73 bits per heavy atom. The number of fused-ring (bicyclic) bond motifs is 1. The number of nitrogens with two attached hydrogens (primary N) is 1. The number of primary amides is 1. The van der Waals surface area contributed by atoms with Crippen LogP contribution in [0, 0.1) is 0 Å². The molecule has 0 saturated carbocycles. The fourth-order valence-corrected chi connectivity index (χ4v) is 3.78. The molecule has 1 aliphatic rings. The maximum absolute atomic E-state index is 11.8. The molecule has 2 aromatic carbocycles. The lowest BCUT2D eigenvalue weighted by Crippen LogP contribution is -2.46. The second-order valence-electron chi connectivity index (χ2n) is 6.98. The number of anilines is 1. The summed E-state index contributed by atoms with van der Waals surface area (Å²) < 4.78 is 0. The maximum Gasteiger partial charge on any atom is 0.250 e. The molecule has 0 spiro atoms. The number of carbonyl (C=O) groups excluding carboxylic acids is 1. The van der Waals surface area contributed by atoms with Gasteiger partial charge in [0.2, 0.25) is 0 Å². The molecule has 0 saturated heterocycles. The minimum atomic E-state index is -0.391. The van der Waals surface area contributed by atoms with Gasteiger partial charge in [-0.15, -0.1) is 0 Å². The smallest absolute Gasteiger partial charge is 0.250 e. The highest BCUT2D eigenvalue weighted by Crippen LogP contribution is 2.48. The first-order valence-corrected chi connectivity index (χ1v) is 7.60. The van der Waals surface area contributed by atoms with Crippen molar-refractivity contribution in [1.82, 2.24) is 0 Å². The van der Waals surface area contributed by atoms with Gasteiger partial charge in [0.05, 0.1) is 11.3 Å². The van der Waals surface area contributed by atoms with Crippen LogP contribution >= 0.6 is 0 Å². The molecule has 0 fully saturated rings. The average Bonchev–Trinajstić information content (AvgIpc) is 2.46. The van der Waals surface area contributed by atoms with E-state index in [9.17, 15) is 4.79 Å². The second-order valence-corrected chi connectivity index (χ2v) is 6.98. The van der Waals surface area contributed by atoms with Crippen molar-refractivity contribution in [2.45, 2.75) is 38.1 Å². The summed E-state index contributed by atoms with van der Waals surface area (Å²) in [5.74, 6) is -0.391. The average molecular weight is 294 g/mol. The lowest BCUT2D eigenvalue weighted by Gasteiger charge is -2.46. The van der Waals surface area contributed by atoms with Gasteiger partial charge in [0, 0.05) is 11.0 Å². The quantitative estimate of drug-likeness (QED) is 0.887. The van der Waals surface area contributed by atoms with E-state index in [4.69, 9.17) is 5.73 Å². The minimum absolute atomic E-state index is 0.122. The monoisotopic (exact) mass is 294 g/mol. The summed E-state index contributed by atoms with van der Waals surface area (Å²) >= 11 is 0. The number of amides is 1. The molecule has 1 atom stereocenters. The highest BCUT2D eigenvalue weighted by atomic mass is 16.1. The van der Waals surface area contributed by atoms with Gasteiger partial charge in [-0.25, -0.2) is 0 Å². The van der Waals surface area contributed by atoms with E-state index >= 15 is 0 Å². The van der Waals surface area contributed by atoms with E-state index in [0.29, 0.717) is 5.56 Å². The van der Waals surface area contributed by atoms with Crippen LogP contribution in [0.3, 0.4) is 0 Å². The largest absolute Gasteiger partial charge is 0.379 e. The number of nitrogens with one attached hydrogen (secondary N) is 1. The Kier molecular flexibility index (Phi) is 3.24. The minimum Gasteiger partial charge on any atom is -0.379 e. The highest BCUT2D eigenvalue weighted by Gasteiger charge is 2.42. The predicted octanol–water partition coefficient (Wildman–Crippen LogP) is 3.69. The molecule has 0 aliphatic carbocycles. The molecule has 2 aromatic rings. The number of hydrogen-bond acceptors (Lipinski definition) is 2. The Balaban J connectivity index is 2.28. The molecule has 3 N–H and O–H groups in total. The molecule has 3 rings (SSSR count). The summed E-state index contributed by atoms with van der Waals surface area (Å²) in [6.07, 6.45) is 0.944. The summed E-state index contributed by atoms with van der Waals surface area (Å²) in [5.41, 5.74) is 9.12. The van der Waals surface area contributed by atoms with E-state index in [1.807, 2.05) is 12.1 Å². The number of hydrogen-bond donors (Lipinski definition) is 2. The molecule has 0 bridgehead atoms. The van der Waals surface area contributed by atoms with Gasteiger partial charge in [0.25, 0.3) is 5.91 Å². The maximum atomic E-state index is 11.8. The van der Waals surface area contributed by atoms with Gasteiger partial charge in [-0.1, -0.05) is 49.4 Å². The third-order valence-corrected chi connectivity index (χ3v) is 4.59. The Hall–Kier alpha value is -2.29. The van der Waals surface area contributed by atoms with Crippen LogP contribution in [0.2, 0.25) is 0 Å². The SMILES string of the molecule is CC1(C)CC(C)(c2ccccc2)c2cccc(C(N)=O)c2N1. The van der Waals surface area contributed by atoms with Crippen LogP contribution in [0.25, 0.3) is 0 Å². The first-order chi connectivity index (χ1) is 10.3. The highest BCUT2D eigenvalue weighted by molar-refractivity contribution is 6.00. The molecule has 0 aromatic heterocycles. The number of carbonyl (C=O) groups is 1. The standard InChI is InChI=1S/C19H22N2O/c1-18(2)12-19(3,13-8-5-4-6-9-13)15-11-7-10-14(17(20)22)16(15)21-18/h4-11,21H,12H2,1-3H3,(H2,20,22). The molecule has 1 unspecified atom stereocenters. The van der Waals surface area contributed by atoms with E-state index < -0.39 is 5.91 Å². The van der Waals surface area contributed by atoms with Gasteiger partial charge in [-0.3, -0.25) is 4.79 Å². The molecule has 0 radical (unpaired) electrons. The van der Waals surface area contributed by atoms with Gasteiger partial charge in [-0.2, -0.15) is 0 Å². The molecule has 1 aliphatic heterocycles. The third-order valence-electron chi connectivity index (χ3n) is 4.59. The fourth-order valence-electron chi connectivity index (χ4n) is 3.78. The molecular weight excluding hydrogens is 272 g/mol. The van der Waals surface area contributed by atoms with Crippen molar-refractivity contribution in [3.8, 4) is 0 Å². The van der Waals surface area contributed by atoms with E-state index in [0.717, 1.165) is 17.7 Å². The normalized spacial score (nSPS) is 22.5. The summed E-state index contributed by atoms with van der Waals surface area (Å²) in [6, 6.07) is 16.3. The van der Waals surface area contributed by atoms with E-state index in [2.05, 4.69) is 56.4 Å². The van der Waals surface area contributed by atoms with Crippen LogP contribution in [-0.4, -0.2) is 11.4 Å². The van der Waals surface area contributed by atoms with Crippen molar-refractivity contribution >= 4 is 11.6 Å². The number of rotatable bonds is 2. The van der Waals surface area contributed by atoms with Crippen LogP contribution in [-0.2, 0) is 5.41 Å². The van der Waals surface area contributed by atoms with Crippen LogP contribution in [0.1, 0.15) is 48.7 Å². The van der Waals surface area contributed by atoms with Crippen LogP contribution in [0.4, 0.5) is 5.69 Å². The first-order valence-electron chi connectivity index (χ1n) is 7.60. The van der Waals surface area contributed by atoms with Gasteiger partial charge in [0.1, 0.15) is 0 Å². The molecular formula is C19H22N2O. The summed E-state index contributed by atoms with van der Waals surface area (Å²) in [5, 5.41) is 3.51. The summed E-state index contributed by atoms with van der Waals surface area (Å²) in [7, 11) is 0. The fraction of sp³-hybridized carbons (Fsp3) is 0.316. The van der Waals surface area contributed by atoms with Crippen molar-refractivity contribution < 1.29 is 4.79 Å². The van der Waals surface area contributed by atoms with Gasteiger partial charge >= 0.3 is 0 Å². The molecule has 1 amide bonds. The van der Waals surface area contributed by atoms with Crippen LogP contribution < -0.4 is 11.1 Å². The van der Waals surface area contributed by atoms with E-state index in [1.165, 1.54) is 5.56 Å². The summed E-state index contributed by atoms with van der Waals surface area (Å²) in [6.45, 7) is 6.57. The van der Waals surface area contributed by atoms with Crippen molar-refractivity contribution in [3.63, 3.8) is 0 Å². The zero-order chi connectivity index (χ0) is 16.0. The van der Waals surface area contributed by atoms with Crippen LogP contribution in [0.5, 0.6) is 0 Å². The lowest BCUT2D eigenvalue weighted by atomic mass is 9.65. The Morgan fingerprint density at radius 1 is 1.05 bits per heavy atom. The molecule has 3 nitrogen and oxygen atoms in total. The third kappa shape index (κ3) is 2.27. The van der Waals surface area contributed by atoms with Crippen molar-refractivity contribution in [2.24, 2.45) is 5.73 Å². The van der Waals surface area contributed by atoms with Crippen LogP contribution in [0.15, 0.2) is 48.5 Å². The van der Waals surface area contributed by atoms with E-state index in [-0.39, 0.29) is 11.0 Å². The molecule has 1 heterocycles. The second kappa shape index (κ2) is 4.87. The predicted molar refractivity (Wildman–Crippen MR) is 90.2 cm³/mol. The number of para-hydroxylation sites is 1. The molecule has 22 heavy (non-hydrogen) atoms. The lowest BCUT2D eigenvalue weighted by molar-refractivity contribution is 0.100. The van der Waals surface area contributed by atoms with E-state index in [1.54, 1.807) is 6.07 Å². The zero-order valence-corrected chi connectivity index (χ0v) is 13.3. The Morgan fingerprint density at radius 3 is 2.36 bits per heavy atom. The molecule has 3 heteroatoms. The summed E-state index contributed by atoms with van der Waals surface area (Å²) in [4.78, 5) is 11.8. The van der Waals surface area contributed by atoms with Crippen molar-refractivity contribution in [1.29, 1.82) is 0 Å². The molecule has 114 valence electrons. The topological polar surface area (TPSA) is 55.1 Å². The Labute approximate surface area is 131 Å². The van der Waals surface area contributed by atoms with Crippen molar-refractivity contribution in [2.75, 3.05) is 5.32 Å². The van der Waals surface area contributed by atoms with Gasteiger partial charge in [-0.05, 0) is 37.5 Å². The van der Waals surface area contributed by atoms with Gasteiger partial charge in [0.15, 0.2) is 0 Å². The number of benzene rings is 2. The Bertz CT molecular complexity index is 721. The zero-order valence-electron chi connectivity index (χ0n) is 13.3. The first kappa shape index (κ1) is 14.6. The van der Waals surface area contributed by atoms with Gasteiger partial charge < -0.3 is 11.1 Å². The van der Waals surface area contributed by atoms with Crippen molar-refractivity contribution in [3.05, 3.63) is 65.2 Å².